The lowest BCUT2D eigenvalue weighted by atomic mass is 9.69. The molecule has 2 saturated carbocycles. The van der Waals surface area contributed by atoms with Crippen LogP contribution >= 0.6 is 0 Å². The van der Waals surface area contributed by atoms with Crippen LogP contribution in [0.1, 0.15) is 71.6 Å². The van der Waals surface area contributed by atoms with E-state index in [2.05, 4.69) is 19.9 Å². The summed E-state index contributed by atoms with van der Waals surface area (Å²) >= 11 is 0. The Morgan fingerprint density at radius 1 is 0.895 bits per heavy atom. The summed E-state index contributed by atoms with van der Waals surface area (Å²) in [6, 6.07) is 0. The highest BCUT2D eigenvalue weighted by Gasteiger charge is 2.29. The Labute approximate surface area is 119 Å². The van der Waals surface area contributed by atoms with Crippen LogP contribution in [0.3, 0.4) is 0 Å². The fourth-order valence-electron chi connectivity index (χ4n) is 3.94. The van der Waals surface area contributed by atoms with Gasteiger partial charge in [0.05, 0.1) is 12.9 Å². The van der Waals surface area contributed by atoms with E-state index in [0.717, 1.165) is 36.7 Å². The molecule has 1 nitrogen and oxygen atoms in total. The molecule has 0 N–H and O–H groups in total. The average Bonchev–Trinajstić information content (AvgIpc) is 2.45. The SMILES string of the molecule is CCC=COC[C@H]1CC[C@H]([C@H]2CC[C@H](C)CC2)CC1. The summed E-state index contributed by atoms with van der Waals surface area (Å²) in [7, 11) is 0. The lowest BCUT2D eigenvalue weighted by Gasteiger charge is -2.37. The van der Waals surface area contributed by atoms with Crippen molar-refractivity contribution in [2.24, 2.45) is 23.7 Å². The normalized spacial score (nSPS) is 36.5. The Bertz CT molecular complexity index is 255. The number of hydrogen-bond acceptors (Lipinski definition) is 1. The van der Waals surface area contributed by atoms with Gasteiger partial charge in [-0.3, -0.25) is 0 Å². The van der Waals surface area contributed by atoms with Gasteiger partial charge in [-0.25, -0.2) is 0 Å². The Morgan fingerprint density at radius 2 is 1.47 bits per heavy atom. The summed E-state index contributed by atoms with van der Waals surface area (Å²) in [5.41, 5.74) is 0. The summed E-state index contributed by atoms with van der Waals surface area (Å²) in [5.74, 6) is 3.90. The molecule has 0 aromatic carbocycles. The first-order valence-electron chi connectivity index (χ1n) is 8.56. The van der Waals surface area contributed by atoms with Crippen molar-refractivity contribution >= 4 is 0 Å². The van der Waals surface area contributed by atoms with Crippen LogP contribution in [-0.4, -0.2) is 6.61 Å². The van der Waals surface area contributed by atoms with Crippen LogP contribution in [0.15, 0.2) is 12.3 Å². The quantitative estimate of drug-likeness (QED) is 0.591. The van der Waals surface area contributed by atoms with Gasteiger partial charge >= 0.3 is 0 Å². The molecule has 0 aliphatic heterocycles. The Hall–Kier alpha value is -0.460. The lowest BCUT2D eigenvalue weighted by Crippen LogP contribution is -2.26. The third-order valence-corrected chi connectivity index (χ3v) is 5.38. The zero-order valence-electron chi connectivity index (χ0n) is 12.9. The van der Waals surface area contributed by atoms with Crippen molar-refractivity contribution in [2.75, 3.05) is 6.61 Å². The molecule has 2 aliphatic carbocycles. The van der Waals surface area contributed by atoms with Crippen molar-refractivity contribution in [3.8, 4) is 0 Å². The Morgan fingerprint density at radius 3 is 2.05 bits per heavy atom. The highest BCUT2D eigenvalue weighted by Crippen LogP contribution is 2.41. The largest absolute Gasteiger partial charge is 0.501 e. The van der Waals surface area contributed by atoms with E-state index in [1.54, 1.807) is 0 Å². The average molecular weight is 264 g/mol. The smallest absolute Gasteiger partial charge is 0.0901 e. The molecule has 0 unspecified atom stereocenters. The van der Waals surface area contributed by atoms with E-state index < -0.39 is 0 Å². The van der Waals surface area contributed by atoms with E-state index in [-0.39, 0.29) is 0 Å². The summed E-state index contributed by atoms with van der Waals surface area (Å²) in [6.45, 7) is 5.52. The molecule has 1 heteroatoms. The van der Waals surface area contributed by atoms with Gasteiger partial charge in [0.25, 0.3) is 0 Å². The molecule has 0 spiro atoms. The molecular formula is C18H32O. The lowest BCUT2D eigenvalue weighted by molar-refractivity contribution is 0.111. The van der Waals surface area contributed by atoms with E-state index in [1.807, 2.05) is 6.26 Å². The second-order valence-corrected chi connectivity index (χ2v) is 6.91. The minimum atomic E-state index is 0.820. The zero-order valence-corrected chi connectivity index (χ0v) is 12.9. The van der Waals surface area contributed by atoms with Crippen molar-refractivity contribution in [3.63, 3.8) is 0 Å². The molecule has 19 heavy (non-hydrogen) atoms. The molecule has 2 rings (SSSR count). The number of rotatable bonds is 5. The van der Waals surface area contributed by atoms with Crippen LogP contribution in [0.4, 0.5) is 0 Å². The van der Waals surface area contributed by atoms with Crippen LogP contribution < -0.4 is 0 Å². The van der Waals surface area contributed by atoms with Crippen molar-refractivity contribution in [1.29, 1.82) is 0 Å². The van der Waals surface area contributed by atoms with Crippen LogP contribution in [-0.2, 0) is 4.74 Å². The molecule has 0 bridgehead atoms. The summed E-state index contributed by atoms with van der Waals surface area (Å²) < 4.78 is 5.63. The minimum absolute atomic E-state index is 0.820. The van der Waals surface area contributed by atoms with Crippen molar-refractivity contribution in [1.82, 2.24) is 0 Å². The van der Waals surface area contributed by atoms with Crippen LogP contribution in [0.25, 0.3) is 0 Å². The molecule has 0 atom stereocenters. The van der Waals surface area contributed by atoms with Gasteiger partial charge in [0, 0.05) is 0 Å². The molecule has 0 aromatic rings. The maximum Gasteiger partial charge on any atom is 0.0901 e. The van der Waals surface area contributed by atoms with E-state index in [4.69, 9.17) is 4.74 Å². The van der Waals surface area contributed by atoms with Crippen molar-refractivity contribution in [2.45, 2.75) is 71.6 Å². The number of hydrogen-bond donors (Lipinski definition) is 0. The van der Waals surface area contributed by atoms with Crippen LogP contribution in [0.2, 0.25) is 0 Å². The highest BCUT2D eigenvalue weighted by atomic mass is 16.5. The van der Waals surface area contributed by atoms with Gasteiger partial charge in [0.1, 0.15) is 0 Å². The molecule has 2 fully saturated rings. The molecule has 0 radical (unpaired) electrons. The number of ether oxygens (including phenoxy) is 1. The fraction of sp³-hybridized carbons (Fsp3) is 0.889. The third-order valence-electron chi connectivity index (χ3n) is 5.38. The molecule has 0 saturated heterocycles. The third kappa shape index (κ3) is 4.85. The van der Waals surface area contributed by atoms with Gasteiger partial charge in [-0.15, -0.1) is 0 Å². The van der Waals surface area contributed by atoms with Gasteiger partial charge in [-0.1, -0.05) is 32.8 Å². The summed E-state index contributed by atoms with van der Waals surface area (Å²) in [6.07, 6.45) is 16.8. The predicted molar refractivity (Wildman–Crippen MR) is 82.0 cm³/mol. The van der Waals surface area contributed by atoms with Crippen LogP contribution in [0, 0.1) is 23.7 Å². The number of allylic oxidation sites excluding steroid dienone is 1. The highest BCUT2D eigenvalue weighted by molar-refractivity contribution is 4.81. The van der Waals surface area contributed by atoms with E-state index >= 15 is 0 Å². The van der Waals surface area contributed by atoms with Gasteiger partial charge < -0.3 is 4.74 Å². The fourth-order valence-corrected chi connectivity index (χ4v) is 3.94. The molecular weight excluding hydrogens is 232 g/mol. The first-order chi connectivity index (χ1) is 9.29. The second-order valence-electron chi connectivity index (χ2n) is 6.91. The minimum Gasteiger partial charge on any atom is -0.501 e. The topological polar surface area (TPSA) is 9.23 Å². The molecule has 0 amide bonds. The van der Waals surface area contributed by atoms with Gasteiger partial charge in [-0.2, -0.15) is 0 Å². The van der Waals surface area contributed by atoms with E-state index in [1.165, 1.54) is 51.4 Å². The van der Waals surface area contributed by atoms with Crippen LogP contribution in [0.5, 0.6) is 0 Å². The van der Waals surface area contributed by atoms with Crippen molar-refractivity contribution < 1.29 is 4.74 Å². The van der Waals surface area contributed by atoms with Gasteiger partial charge in [0.2, 0.25) is 0 Å². The zero-order chi connectivity index (χ0) is 13.5. The second kappa shape index (κ2) is 7.97. The first kappa shape index (κ1) is 14.9. The molecule has 0 aromatic heterocycles. The summed E-state index contributed by atoms with van der Waals surface area (Å²) in [5, 5.41) is 0. The summed E-state index contributed by atoms with van der Waals surface area (Å²) in [4.78, 5) is 0. The monoisotopic (exact) mass is 264 g/mol. The molecule has 0 heterocycles. The van der Waals surface area contributed by atoms with Gasteiger partial charge in [0.15, 0.2) is 0 Å². The van der Waals surface area contributed by atoms with Gasteiger partial charge in [-0.05, 0) is 68.6 Å². The first-order valence-corrected chi connectivity index (χ1v) is 8.56. The van der Waals surface area contributed by atoms with E-state index in [0.29, 0.717) is 0 Å². The standard InChI is InChI=1S/C18H32O/c1-3-4-13-19-14-16-7-11-18(12-8-16)17-9-5-15(2)6-10-17/h4,13,15-18H,3,5-12,14H2,1-2H3/t15-,16-,17-,18-. The Kier molecular flexibility index (Phi) is 6.26. The maximum absolute atomic E-state index is 5.63. The predicted octanol–water partition coefficient (Wildman–Crippen LogP) is 5.56. The van der Waals surface area contributed by atoms with Crippen molar-refractivity contribution in [3.05, 3.63) is 12.3 Å². The Balaban J connectivity index is 1.63. The molecule has 110 valence electrons. The van der Waals surface area contributed by atoms with E-state index in [9.17, 15) is 0 Å². The molecule has 2 aliphatic rings. The maximum atomic E-state index is 5.63.